The lowest BCUT2D eigenvalue weighted by Crippen LogP contribution is -2.39. The summed E-state index contributed by atoms with van der Waals surface area (Å²) in [6.07, 6.45) is 6.54. The van der Waals surface area contributed by atoms with E-state index in [1.54, 1.807) is 0 Å². The van der Waals surface area contributed by atoms with Gasteiger partial charge in [-0.3, -0.25) is 4.99 Å². The van der Waals surface area contributed by atoms with E-state index in [0.717, 1.165) is 51.3 Å². The molecule has 1 unspecified atom stereocenters. The Labute approximate surface area is 160 Å². The van der Waals surface area contributed by atoms with Gasteiger partial charge in [-0.15, -0.1) is 24.0 Å². The first-order valence-electron chi connectivity index (χ1n) is 9.11. The fourth-order valence-electron chi connectivity index (χ4n) is 2.84. The number of rotatable bonds is 10. The zero-order valence-corrected chi connectivity index (χ0v) is 17.6. The van der Waals surface area contributed by atoms with Crippen LogP contribution < -0.4 is 10.6 Å². The predicted octanol–water partition coefficient (Wildman–Crippen LogP) is 2.85. The molecular formula is C17H37IN4O. The molecule has 1 atom stereocenters. The number of nitrogens with zero attached hydrogens (tertiary/aromatic N) is 2. The third-order valence-corrected chi connectivity index (χ3v) is 4.15. The van der Waals surface area contributed by atoms with E-state index in [1.165, 1.54) is 38.8 Å². The Hall–Kier alpha value is -0.0800. The molecule has 0 aromatic carbocycles. The number of aliphatic imine (C=N–C) groups is 1. The van der Waals surface area contributed by atoms with Gasteiger partial charge in [-0.05, 0) is 59.5 Å². The molecule has 1 aliphatic heterocycles. The highest BCUT2D eigenvalue weighted by molar-refractivity contribution is 14.0. The van der Waals surface area contributed by atoms with Gasteiger partial charge in [-0.25, -0.2) is 0 Å². The highest BCUT2D eigenvalue weighted by Gasteiger charge is 2.16. The first-order valence-corrected chi connectivity index (χ1v) is 9.11. The van der Waals surface area contributed by atoms with Gasteiger partial charge >= 0.3 is 0 Å². The molecule has 1 heterocycles. The summed E-state index contributed by atoms with van der Waals surface area (Å²) in [6.45, 7) is 13.1. The van der Waals surface area contributed by atoms with Crippen molar-refractivity contribution in [2.75, 3.05) is 45.9 Å². The number of piperidine rings is 1. The van der Waals surface area contributed by atoms with Crippen LogP contribution in [0.3, 0.4) is 0 Å². The second-order valence-electron chi connectivity index (χ2n) is 5.97. The first kappa shape index (κ1) is 22.9. The molecule has 5 nitrogen and oxygen atoms in total. The van der Waals surface area contributed by atoms with Crippen LogP contribution in [0.25, 0.3) is 0 Å². The van der Waals surface area contributed by atoms with E-state index in [1.807, 2.05) is 6.92 Å². The zero-order chi connectivity index (χ0) is 16.0. The lowest BCUT2D eigenvalue weighted by atomic mass is 10.0. The summed E-state index contributed by atoms with van der Waals surface area (Å²) in [5.41, 5.74) is 0. The van der Waals surface area contributed by atoms with Gasteiger partial charge in [0.1, 0.15) is 0 Å². The highest BCUT2D eigenvalue weighted by atomic mass is 127. The number of halogens is 1. The standard InChI is InChI=1S/C17H36N4O.HI/c1-4-18-17(20-12-15-22-5-2)19-11-7-9-14-21-13-8-6-10-16(21)3;/h16H,4-15H2,1-3H3,(H2,18,19,20);1H. The molecule has 6 heteroatoms. The van der Waals surface area contributed by atoms with Crippen molar-refractivity contribution < 1.29 is 4.74 Å². The summed E-state index contributed by atoms with van der Waals surface area (Å²) >= 11 is 0. The molecule has 0 radical (unpaired) electrons. The van der Waals surface area contributed by atoms with Gasteiger partial charge in [0.15, 0.2) is 5.96 Å². The van der Waals surface area contributed by atoms with Crippen LogP contribution in [-0.4, -0.2) is 62.8 Å². The lowest BCUT2D eigenvalue weighted by molar-refractivity contribution is 0.152. The quantitative estimate of drug-likeness (QED) is 0.238. The van der Waals surface area contributed by atoms with Crippen molar-refractivity contribution in [3.8, 4) is 0 Å². The number of hydrogen-bond acceptors (Lipinski definition) is 3. The molecule has 23 heavy (non-hydrogen) atoms. The largest absolute Gasteiger partial charge is 0.380 e. The molecule has 0 bridgehead atoms. The van der Waals surface area contributed by atoms with Crippen molar-refractivity contribution in [2.24, 2.45) is 4.99 Å². The van der Waals surface area contributed by atoms with Gasteiger partial charge in [-0.1, -0.05) is 6.42 Å². The highest BCUT2D eigenvalue weighted by Crippen LogP contribution is 2.16. The molecule has 0 spiro atoms. The van der Waals surface area contributed by atoms with Crippen LogP contribution in [0.5, 0.6) is 0 Å². The third-order valence-electron chi connectivity index (χ3n) is 4.15. The van der Waals surface area contributed by atoms with Crippen LogP contribution >= 0.6 is 24.0 Å². The van der Waals surface area contributed by atoms with Crippen LogP contribution in [0.1, 0.15) is 52.9 Å². The van der Waals surface area contributed by atoms with E-state index in [2.05, 4.69) is 34.4 Å². The molecule has 0 aromatic heterocycles. The Bertz CT molecular complexity index is 302. The Morgan fingerprint density at radius 2 is 2.04 bits per heavy atom. The minimum atomic E-state index is 0. The lowest BCUT2D eigenvalue weighted by Gasteiger charge is -2.33. The number of ether oxygens (including phenoxy) is 1. The van der Waals surface area contributed by atoms with E-state index in [0.29, 0.717) is 0 Å². The Morgan fingerprint density at radius 1 is 1.22 bits per heavy atom. The first-order chi connectivity index (χ1) is 10.8. The molecule has 1 saturated heterocycles. The molecule has 0 amide bonds. The molecule has 0 aromatic rings. The van der Waals surface area contributed by atoms with Gasteiger partial charge in [0, 0.05) is 32.3 Å². The second-order valence-corrected chi connectivity index (χ2v) is 5.97. The normalized spacial score (nSPS) is 19.3. The van der Waals surface area contributed by atoms with Crippen LogP contribution in [0.15, 0.2) is 4.99 Å². The number of likely N-dealkylation sites (tertiary alicyclic amines) is 1. The van der Waals surface area contributed by atoms with Crippen LogP contribution in [0.4, 0.5) is 0 Å². The average molecular weight is 440 g/mol. The monoisotopic (exact) mass is 440 g/mol. The van der Waals surface area contributed by atoms with Crippen LogP contribution in [0, 0.1) is 0 Å². The second kappa shape index (κ2) is 15.4. The molecular weight excluding hydrogens is 403 g/mol. The van der Waals surface area contributed by atoms with E-state index < -0.39 is 0 Å². The van der Waals surface area contributed by atoms with Crippen molar-refractivity contribution >= 4 is 29.9 Å². The van der Waals surface area contributed by atoms with Gasteiger partial charge in [-0.2, -0.15) is 0 Å². The van der Waals surface area contributed by atoms with Crippen molar-refractivity contribution in [2.45, 2.75) is 58.9 Å². The fourth-order valence-corrected chi connectivity index (χ4v) is 2.84. The van der Waals surface area contributed by atoms with E-state index >= 15 is 0 Å². The van der Waals surface area contributed by atoms with Crippen LogP contribution in [0.2, 0.25) is 0 Å². The summed E-state index contributed by atoms with van der Waals surface area (Å²) < 4.78 is 5.33. The smallest absolute Gasteiger partial charge is 0.191 e. The number of hydrogen-bond donors (Lipinski definition) is 2. The van der Waals surface area contributed by atoms with E-state index in [4.69, 9.17) is 4.74 Å². The van der Waals surface area contributed by atoms with Crippen molar-refractivity contribution in [1.82, 2.24) is 15.5 Å². The van der Waals surface area contributed by atoms with Crippen LogP contribution in [-0.2, 0) is 4.74 Å². The van der Waals surface area contributed by atoms with Crippen molar-refractivity contribution in [1.29, 1.82) is 0 Å². The molecule has 1 fully saturated rings. The van der Waals surface area contributed by atoms with Gasteiger partial charge in [0.25, 0.3) is 0 Å². The Kier molecular flexibility index (Phi) is 15.4. The summed E-state index contributed by atoms with van der Waals surface area (Å²) in [6, 6.07) is 0.773. The Morgan fingerprint density at radius 3 is 2.74 bits per heavy atom. The van der Waals surface area contributed by atoms with Gasteiger partial charge < -0.3 is 20.3 Å². The molecule has 1 rings (SSSR count). The van der Waals surface area contributed by atoms with Gasteiger partial charge in [0.05, 0.1) is 6.61 Å². The average Bonchev–Trinajstić information content (AvgIpc) is 2.52. The van der Waals surface area contributed by atoms with E-state index in [-0.39, 0.29) is 24.0 Å². The third kappa shape index (κ3) is 11.2. The molecule has 1 aliphatic rings. The predicted molar refractivity (Wildman–Crippen MR) is 110 cm³/mol. The van der Waals surface area contributed by atoms with E-state index in [9.17, 15) is 0 Å². The molecule has 0 saturated carbocycles. The molecule has 138 valence electrons. The maximum Gasteiger partial charge on any atom is 0.191 e. The number of guanidine groups is 1. The fraction of sp³-hybridized carbons (Fsp3) is 0.941. The minimum Gasteiger partial charge on any atom is -0.380 e. The SMILES string of the molecule is CCNC(=NCCCCN1CCCCC1C)NCCOCC.I. The van der Waals surface area contributed by atoms with Crippen molar-refractivity contribution in [3.05, 3.63) is 0 Å². The van der Waals surface area contributed by atoms with Crippen molar-refractivity contribution in [3.63, 3.8) is 0 Å². The topological polar surface area (TPSA) is 48.9 Å². The minimum absolute atomic E-state index is 0. The summed E-state index contributed by atoms with van der Waals surface area (Å²) in [4.78, 5) is 7.27. The summed E-state index contributed by atoms with van der Waals surface area (Å²) in [5.74, 6) is 0.911. The summed E-state index contributed by atoms with van der Waals surface area (Å²) in [7, 11) is 0. The molecule has 2 N–H and O–H groups in total. The number of unbranched alkanes of at least 4 members (excludes halogenated alkanes) is 1. The maximum atomic E-state index is 5.33. The van der Waals surface area contributed by atoms with Gasteiger partial charge in [0.2, 0.25) is 0 Å². The zero-order valence-electron chi connectivity index (χ0n) is 15.3. The summed E-state index contributed by atoms with van der Waals surface area (Å²) in [5, 5.41) is 6.59. The number of nitrogens with one attached hydrogen (secondary N) is 2. The molecule has 0 aliphatic carbocycles. The maximum absolute atomic E-state index is 5.33. The Balaban J connectivity index is 0.00000484.